The van der Waals surface area contributed by atoms with E-state index in [2.05, 4.69) is 24.1 Å². The molecule has 1 atom stereocenters. The summed E-state index contributed by atoms with van der Waals surface area (Å²) in [6.45, 7) is 10.2. The van der Waals surface area contributed by atoms with E-state index in [4.69, 9.17) is 9.47 Å². The van der Waals surface area contributed by atoms with Crippen LogP contribution in [-0.4, -0.2) is 75.3 Å². The summed E-state index contributed by atoms with van der Waals surface area (Å²) in [6, 6.07) is 0.342. The van der Waals surface area contributed by atoms with Gasteiger partial charge in [-0.1, -0.05) is 13.8 Å². The minimum atomic E-state index is -0.296. The smallest absolute Gasteiger partial charge is 0.0623 e. The van der Waals surface area contributed by atoms with Crippen molar-refractivity contribution in [1.82, 2.24) is 10.2 Å². The Morgan fingerprint density at radius 2 is 1.67 bits per heavy atom. The zero-order valence-electron chi connectivity index (χ0n) is 12.5. The van der Waals surface area contributed by atoms with Crippen LogP contribution in [-0.2, 0) is 9.47 Å². The first-order valence-electron chi connectivity index (χ1n) is 6.56. The first-order valence-corrected chi connectivity index (χ1v) is 6.56. The highest BCUT2D eigenvalue weighted by molar-refractivity contribution is 4.87. The van der Waals surface area contributed by atoms with E-state index in [0.29, 0.717) is 19.3 Å². The van der Waals surface area contributed by atoms with Crippen molar-refractivity contribution < 1.29 is 14.6 Å². The van der Waals surface area contributed by atoms with Crippen LogP contribution in [0.15, 0.2) is 0 Å². The maximum Gasteiger partial charge on any atom is 0.0623 e. The standard InChI is InChI=1S/C13H30N2O3/c1-12(2)14-13(3,11-16)10-15(6-8-17-4)7-9-18-5/h12,14,16H,6-11H2,1-5H3. The molecule has 0 aliphatic heterocycles. The molecule has 0 aromatic carbocycles. The van der Waals surface area contributed by atoms with E-state index in [1.54, 1.807) is 14.2 Å². The Morgan fingerprint density at radius 3 is 2.00 bits per heavy atom. The number of hydrogen-bond acceptors (Lipinski definition) is 5. The van der Waals surface area contributed by atoms with E-state index in [9.17, 15) is 5.11 Å². The normalized spacial score (nSPS) is 15.3. The molecule has 0 spiro atoms. The molecule has 110 valence electrons. The van der Waals surface area contributed by atoms with Crippen LogP contribution < -0.4 is 5.32 Å². The molecule has 0 fully saturated rings. The highest BCUT2D eigenvalue weighted by Gasteiger charge is 2.26. The fraction of sp³-hybridized carbons (Fsp3) is 1.00. The average molecular weight is 262 g/mol. The van der Waals surface area contributed by atoms with Crippen molar-refractivity contribution in [3.8, 4) is 0 Å². The first-order chi connectivity index (χ1) is 8.47. The maximum atomic E-state index is 9.58. The van der Waals surface area contributed by atoms with Gasteiger partial charge in [-0.15, -0.1) is 0 Å². The van der Waals surface area contributed by atoms with Crippen molar-refractivity contribution in [3.63, 3.8) is 0 Å². The van der Waals surface area contributed by atoms with Crippen molar-refractivity contribution in [3.05, 3.63) is 0 Å². The van der Waals surface area contributed by atoms with Crippen LogP contribution in [0.4, 0.5) is 0 Å². The van der Waals surface area contributed by atoms with Gasteiger partial charge in [-0.05, 0) is 6.92 Å². The molecule has 0 saturated heterocycles. The molecule has 0 aliphatic rings. The molecule has 1 unspecified atom stereocenters. The highest BCUT2D eigenvalue weighted by atomic mass is 16.5. The van der Waals surface area contributed by atoms with Crippen LogP contribution in [0.2, 0.25) is 0 Å². The number of nitrogens with zero attached hydrogens (tertiary/aromatic N) is 1. The molecule has 0 saturated carbocycles. The molecule has 0 aliphatic carbocycles. The molecule has 5 nitrogen and oxygen atoms in total. The maximum absolute atomic E-state index is 9.58. The predicted octanol–water partition coefficient (Wildman–Crippen LogP) is 0.330. The molecule has 5 heteroatoms. The second-order valence-electron chi connectivity index (χ2n) is 5.28. The second kappa shape index (κ2) is 9.69. The number of aliphatic hydroxyl groups excluding tert-OH is 1. The number of rotatable bonds is 11. The van der Waals surface area contributed by atoms with Gasteiger partial charge in [0.1, 0.15) is 0 Å². The molecule has 0 bridgehead atoms. The fourth-order valence-electron chi connectivity index (χ4n) is 2.04. The molecular formula is C13H30N2O3. The van der Waals surface area contributed by atoms with E-state index in [0.717, 1.165) is 19.6 Å². The van der Waals surface area contributed by atoms with E-state index in [1.165, 1.54) is 0 Å². The summed E-state index contributed by atoms with van der Waals surface area (Å²) in [6.07, 6.45) is 0. The lowest BCUT2D eigenvalue weighted by Crippen LogP contribution is -2.57. The van der Waals surface area contributed by atoms with E-state index < -0.39 is 0 Å². The van der Waals surface area contributed by atoms with E-state index in [-0.39, 0.29) is 12.1 Å². The Balaban J connectivity index is 4.38. The number of ether oxygens (including phenoxy) is 2. The van der Waals surface area contributed by atoms with E-state index in [1.807, 2.05) is 6.92 Å². The average Bonchev–Trinajstić information content (AvgIpc) is 2.31. The molecular weight excluding hydrogens is 232 g/mol. The first kappa shape index (κ1) is 17.8. The van der Waals surface area contributed by atoms with Gasteiger partial charge >= 0.3 is 0 Å². The van der Waals surface area contributed by atoms with Gasteiger partial charge in [0.25, 0.3) is 0 Å². The van der Waals surface area contributed by atoms with Crippen molar-refractivity contribution in [2.75, 3.05) is 53.7 Å². The Hall–Kier alpha value is -0.200. The molecule has 0 heterocycles. The van der Waals surface area contributed by atoms with Crippen molar-refractivity contribution in [1.29, 1.82) is 0 Å². The van der Waals surface area contributed by atoms with Gasteiger partial charge in [-0.2, -0.15) is 0 Å². The molecule has 0 aromatic heterocycles. The zero-order valence-corrected chi connectivity index (χ0v) is 12.5. The number of nitrogens with one attached hydrogen (secondary N) is 1. The highest BCUT2D eigenvalue weighted by Crippen LogP contribution is 2.08. The van der Waals surface area contributed by atoms with Crippen molar-refractivity contribution in [2.45, 2.75) is 32.4 Å². The molecule has 0 radical (unpaired) electrons. The van der Waals surface area contributed by atoms with Crippen LogP contribution in [0, 0.1) is 0 Å². The molecule has 0 rings (SSSR count). The van der Waals surface area contributed by atoms with Gasteiger partial charge < -0.3 is 19.9 Å². The fourth-order valence-corrected chi connectivity index (χ4v) is 2.04. The second-order valence-corrected chi connectivity index (χ2v) is 5.28. The van der Waals surface area contributed by atoms with E-state index >= 15 is 0 Å². The Bertz CT molecular complexity index is 195. The largest absolute Gasteiger partial charge is 0.394 e. The lowest BCUT2D eigenvalue weighted by molar-refractivity contribution is 0.0716. The molecule has 0 aromatic rings. The Morgan fingerprint density at radius 1 is 1.17 bits per heavy atom. The van der Waals surface area contributed by atoms with Gasteiger partial charge in [-0.25, -0.2) is 0 Å². The third-order valence-corrected chi connectivity index (χ3v) is 2.78. The SMILES string of the molecule is COCCN(CCOC)CC(C)(CO)NC(C)C. The number of hydrogen-bond donors (Lipinski definition) is 2. The summed E-state index contributed by atoms with van der Waals surface area (Å²) in [5, 5.41) is 13.0. The summed E-state index contributed by atoms with van der Waals surface area (Å²) in [5.74, 6) is 0. The quantitative estimate of drug-likeness (QED) is 0.562. The number of aliphatic hydroxyl groups is 1. The predicted molar refractivity (Wildman–Crippen MR) is 74.0 cm³/mol. The van der Waals surface area contributed by atoms with Gasteiger partial charge in [-0.3, -0.25) is 4.90 Å². The number of methoxy groups -OCH3 is 2. The topological polar surface area (TPSA) is 54.0 Å². The van der Waals surface area contributed by atoms with Gasteiger partial charge in [0.2, 0.25) is 0 Å². The van der Waals surface area contributed by atoms with Gasteiger partial charge in [0, 0.05) is 39.9 Å². The van der Waals surface area contributed by atoms with Crippen LogP contribution >= 0.6 is 0 Å². The minimum Gasteiger partial charge on any atom is -0.394 e. The monoisotopic (exact) mass is 262 g/mol. The van der Waals surface area contributed by atoms with Crippen LogP contribution in [0.1, 0.15) is 20.8 Å². The summed E-state index contributed by atoms with van der Waals surface area (Å²) in [4.78, 5) is 2.25. The Labute approximate surface area is 111 Å². The molecule has 2 N–H and O–H groups in total. The summed E-state index contributed by atoms with van der Waals surface area (Å²) < 4.78 is 10.2. The Kier molecular flexibility index (Phi) is 9.59. The van der Waals surface area contributed by atoms with Crippen LogP contribution in [0.25, 0.3) is 0 Å². The lowest BCUT2D eigenvalue weighted by Gasteiger charge is -2.36. The van der Waals surface area contributed by atoms with Crippen LogP contribution in [0.5, 0.6) is 0 Å². The minimum absolute atomic E-state index is 0.113. The van der Waals surface area contributed by atoms with Crippen LogP contribution in [0.3, 0.4) is 0 Å². The summed E-state index contributed by atoms with van der Waals surface area (Å²) in [5.41, 5.74) is -0.296. The zero-order chi connectivity index (χ0) is 14.0. The lowest BCUT2D eigenvalue weighted by atomic mass is 10.0. The molecule has 0 amide bonds. The summed E-state index contributed by atoms with van der Waals surface area (Å²) in [7, 11) is 3.40. The third kappa shape index (κ3) is 8.00. The molecule has 18 heavy (non-hydrogen) atoms. The third-order valence-electron chi connectivity index (χ3n) is 2.78. The van der Waals surface area contributed by atoms with Crippen molar-refractivity contribution in [2.24, 2.45) is 0 Å². The van der Waals surface area contributed by atoms with Gasteiger partial charge in [0.15, 0.2) is 0 Å². The van der Waals surface area contributed by atoms with Crippen molar-refractivity contribution >= 4 is 0 Å². The van der Waals surface area contributed by atoms with Gasteiger partial charge in [0.05, 0.1) is 25.4 Å². The summed E-state index contributed by atoms with van der Waals surface area (Å²) >= 11 is 0.